The van der Waals surface area contributed by atoms with Gasteiger partial charge in [0, 0.05) is 42.7 Å². The van der Waals surface area contributed by atoms with Crippen LogP contribution in [-0.2, 0) is 16.1 Å². The first-order valence-corrected chi connectivity index (χ1v) is 10.5. The monoisotopic (exact) mass is 430 g/mol. The van der Waals surface area contributed by atoms with Crippen LogP contribution in [0.15, 0.2) is 48.8 Å². The molecule has 0 aliphatic rings. The molecule has 0 spiro atoms. The summed E-state index contributed by atoms with van der Waals surface area (Å²) in [5.41, 5.74) is 1.61. The molecule has 1 unspecified atom stereocenters. The molecule has 0 radical (unpaired) electrons. The van der Waals surface area contributed by atoms with Crippen molar-refractivity contribution in [3.05, 3.63) is 59.4 Å². The fourth-order valence-electron chi connectivity index (χ4n) is 3.24. The van der Waals surface area contributed by atoms with Crippen LogP contribution in [0.25, 0.3) is 0 Å². The van der Waals surface area contributed by atoms with Crippen LogP contribution < -0.4 is 5.32 Å². The second-order valence-electron chi connectivity index (χ2n) is 8.04. The molecule has 30 heavy (non-hydrogen) atoms. The van der Waals surface area contributed by atoms with E-state index in [1.54, 1.807) is 41.6 Å². The number of nitrogens with one attached hydrogen (secondary N) is 1. The van der Waals surface area contributed by atoms with E-state index in [1.807, 2.05) is 24.1 Å². The van der Waals surface area contributed by atoms with E-state index >= 15 is 0 Å². The molecule has 1 N–H and O–H groups in total. The molecule has 0 saturated heterocycles. The fraction of sp³-hybridized carbons (Fsp3) is 0.435. The summed E-state index contributed by atoms with van der Waals surface area (Å²) in [4.78, 5) is 33.2. The zero-order valence-corrected chi connectivity index (χ0v) is 18.9. The summed E-state index contributed by atoms with van der Waals surface area (Å²) in [5, 5.41) is 3.46. The standard InChI is InChI=1S/C23H31ClN4O2/c1-17(2)12-18(3)27(4)23(30)16-28(14-19-6-5-11-25-13-19)15-22(29)26-21-9-7-20(24)8-10-21/h5-11,13,17-18H,12,14-16H2,1-4H3,(H,26,29). The fourth-order valence-corrected chi connectivity index (χ4v) is 3.37. The lowest BCUT2D eigenvalue weighted by Crippen LogP contribution is -2.44. The Balaban J connectivity index is 2.04. The number of aromatic nitrogens is 1. The molecule has 2 amide bonds. The van der Waals surface area contributed by atoms with Crippen molar-refractivity contribution in [2.45, 2.75) is 39.8 Å². The Kier molecular flexibility index (Phi) is 9.27. The summed E-state index contributed by atoms with van der Waals surface area (Å²) in [5.74, 6) is 0.310. The van der Waals surface area contributed by atoms with Crippen molar-refractivity contribution in [2.24, 2.45) is 5.92 Å². The molecule has 2 aromatic rings. The average molecular weight is 431 g/mol. The SMILES string of the molecule is CC(C)CC(C)N(C)C(=O)CN(CC(=O)Nc1ccc(Cl)cc1)Cc1cccnc1. The Labute approximate surface area is 184 Å². The number of carbonyl (C=O) groups is 2. The van der Waals surface area contributed by atoms with E-state index < -0.39 is 0 Å². The van der Waals surface area contributed by atoms with Crippen LogP contribution in [-0.4, -0.2) is 52.8 Å². The predicted octanol–water partition coefficient (Wildman–Crippen LogP) is 4.07. The van der Waals surface area contributed by atoms with Gasteiger partial charge >= 0.3 is 0 Å². The first-order valence-electron chi connectivity index (χ1n) is 10.2. The van der Waals surface area contributed by atoms with Crippen molar-refractivity contribution >= 4 is 29.1 Å². The third-order valence-corrected chi connectivity index (χ3v) is 5.10. The summed E-state index contributed by atoms with van der Waals surface area (Å²) in [6.45, 7) is 7.05. The number of hydrogen-bond acceptors (Lipinski definition) is 4. The Morgan fingerprint density at radius 1 is 1.10 bits per heavy atom. The Morgan fingerprint density at radius 3 is 2.40 bits per heavy atom. The van der Waals surface area contributed by atoms with Crippen LogP contribution in [0.5, 0.6) is 0 Å². The number of amides is 2. The molecule has 0 fully saturated rings. The van der Waals surface area contributed by atoms with Gasteiger partial charge in [0.25, 0.3) is 0 Å². The first-order chi connectivity index (χ1) is 14.2. The lowest BCUT2D eigenvalue weighted by Gasteiger charge is -2.29. The van der Waals surface area contributed by atoms with Gasteiger partial charge < -0.3 is 10.2 Å². The summed E-state index contributed by atoms with van der Waals surface area (Å²) in [7, 11) is 1.82. The molecule has 1 aromatic heterocycles. The van der Waals surface area contributed by atoms with Gasteiger partial charge in [-0.15, -0.1) is 0 Å². The molecule has 1 atom stereocenters. The van der Waals surface area contributed by atoms with E-state index in [2.05, 4.69) is 31.1 Å². The smallest absolute Gasteiger partial charge is 0.238 e. The maximum Gasteiger partial charge on any atom is 0.238 e. The summed E-state index contributed by atoms with van der Waals surface area (Å²) in [6.07, 6.45) is 4.38. The van der Waals surface area contributed by atoms with Gasteiger partial charge in [0.1, 0.15) is 0 Å². The van der Waals surface area contributed by atoms with Crippen LogP contribution in [0, 0.1) is 5.92 Å². The van der Waals surface area contributed by atoms with E-state index in [0.717, 1.165) is 12.0 Å². The normalized spacial score (nSPS) is 12.1. The highest BCUT2D eigenvalue weighted by Crippen LogP contribution is 2.14. The maximum absolute atomic E-state index is 12.9. The number of hydrogen-bond donors (Lipinski definition) is 1. The number of anilines is 1. The molecule has 7 heteroatoms. The quantitative estimate of drug-likeness (QED) is 0.617. The van der Waals surface area contributed by atoms with Gasteiger partial charge in [-0.05, 0) is 55.2 Å². The molecular weight excluding hydrogens is 400 g/mol. The first kappa shape index (κ1) is 23.8. The van der Waals surface area contributed by atoms with Crippen LogP contribution in [0.4, 0.5) is 5.69 Å². The summed E-state index contributed by atoms with van der Waals surface area (Å²) < 4.78 is 0. The second kappa shape index (κ2) is 11.7. The number of carbonyl (C=O) groups excluding carboxylic acids is 2. The summed E-state index contributed by atoms with van der Waals surface area (Å²) in [6, 6.07) is 10.9. The van der Waals surface area contributed by atoms with Crippen molar-refractivity contribution in [3.8, 4) is 0 Å². The number of likely N-dealkylation sites (N-methyl/N-ethyl adjacent to an activating group) is 1. The highest BCUT2D eigenvalue weighted by Gasteiger charge is 2.21. The van der Waals surface area contributed by atoms with Crippen LogP contribution >= 0.6 is 11.6 Å². The number of rotatable bonds is 10. The van der Waals surface area contributed by atoms with Crippen LogP contribution in [0.2, 0.25) is 5.02 Å². The predicted molar refractivity (Wildman–Crippen MR) is 121 cm³/mol. The second-order valence-corrected chi connectivity index (χ2v) is 8.48. The van der Waals surface area contributed by atoms with Gasteiger partial charge in [-0.1, -0.05) is 31.5 Å². The van der Waals surface area contributed by atoms with Crippen LogP contribution in [0.3, 0.4) is 0 Å². The van der Waals surface area contributed by atoms with Gasteiger partial charge in [-0.3, -0.25) is 19.5 Å². The molecule has 162 valence electrons. The van der Waals surface area contributed by atoms with E-state index in [1.165, 1.54) is 0 Å². The van der Waals surface area contributed by atoms with Crippen LogP contribution in [0.1, 0.15) is 32.8 Å². The van der Waals surface area contributed by atoms with Crippen molar-refractivity contribution in [1.82, 2.24) is 14.8 Å². The molecule has 0 aliphatic heterocycles. The molecular formula is C23H31ClN4O2. The van der Waals surface area contributed by atoms with E-state index in [9.17, 15) is 9.59 Å². The number of nitrogens with zero attached hydrogens (tertiary/aromatic N) is 3. The molecule has 0 aliphatic carbocycles. The van der Waals surface area contributed by atoms with Gasteiger partial charge in [-0.2, -0.15) is 0 Å². The maximum atomic E-state index is 12.9. The minimum Gasteiger partial charge on any atom is -0.342 e. The average Bonchev–Trinajstić information content (AvgIpc) is 2.69. The zero-order chi connectivity index (χ0) is 22.1. The largest absolute Gasteiger partial charge is 0.342 e. The van der Waals surface area contributed by atoms with Crippen molar-refractivity contribution < 1.29 is 9.59 Å². The summed E-state index contributed by atoms with van der Waals surface area (Å²) >= 11 is 5.90. The van der Waals surface area contributed by atoms with E-state index in [4.69, 9.17) is 11.6 Å². The highest BCUT2D eigenvalue weighted by molar-refractivity contribution is 6.30. The molecule has 0 saturated carbocycles. The minimum atomic E-state index is -0.188. The van der Waals surface area contributed by atoms with Gasteiger partial charge in [0.15, 0.2) is 0 Å². The van der Waals surface area contributed by atoms with Crippen molar-refractivity contribution in [3.63, 3.8) is 0 Å². The topological polar surface area (TPSA) is 65.5 Å². The lowest BCUT2D eigenvalue weighted by atomic mass is 10.0. The van der Waals surface area contributed by atoms with Crippen molar-refractivity contribution in [2.75, 3.05) is 25.5 Å². The van der Waals surface area contributed by atoms with Gasteiger partial charge in [-0.25, -0.2) is 0 Å². The third-order valence-electron chi connectivity index (χ3n) is 4.85. The number of pyridine rings is 1. The molecule has 1 heterocycles. The Hall–Kier alpha value is -2.44. The molecule has 0 bridgehead atoms. The third kappa shape index (κ3) is 8.13. The Bertz CT molecular complexity index is 812. The molecule has 1 aromatic carbocycles. The molecule has 6 nitrogen and oxygen atoms in total. The van der Waals surface area contributed by atoms with Gasteiger partial charge in [0.2, 0.25) is 11.8 Å². The van der Waals surface area contributed by atoms with E-state index in [0.29, 0.717) is 23.2 Å². The number of halogens is 1. The Morgan fingerprint density at radius 2 is 1.80 bits per heavy atom. The molecule has 2 rings (SSSR count). The number of benzene rings is 1. The van der Waals surface area contributed by atoms with E-state index in [-0.39, 0.29) is 30.9 Å². The minimum absolute atomic E-state index is 0.00802. The zero-order valence-electron chi connectivity index (χ0n) is 18.1. The van der Waals surface area contributed by atoms with Gasteiger partial charge in [0.05, 0.1) is 13.1 Å². The highest BCUT2D eigenvalue weighted by atomic mass is 35.5. The lowest BCUT2D eigenvalue weighted by molar-refractivity contribution is -0.133. The van der Waals surface area contributed by atoms with Crippen molar-refractivity contribution in [1.29, 1.82) is 0 Å².